The van der Waals surface area contributed by atoms with Crippen LogP contribution in [0.5, 0.6) is 0 Å². The molecule has 20 heavy (non-hydrogen) atoms. The van der Waals surface area contributed by atoms with Gasteiger partial charge in [0.2, 0.25) is 0 Å². The van der Waals surface area contributed by atoms with Crippen molar-refractivity contribution < 1.29 is 14.7 Å². The molecule has 0 saturated heterocycles. The lowest BCUT2D eigenvalue weighted by Crippen LogP contribution is -2.03. The van der Waals surface area contributed by atoms with Gasteiger partial charge in [0.1, 0.15) is 4.88 Å². The van der Waals surface area contributed by atoms with Crippen LogP contribution in [0.2, 0.25) is 0 Å². The van der Waals surface area contributed by atoms with Crippen molar-refractivity contribution in [1.82, 2.24) is 14.8 Å². The Labute approximate surface area is 119 Å². The fourth-order valence-electron chi connectivity index (χ4n) is 1.57. The van der Waals surface area contributed by atoms with Crippen molar-refractivity contribution in [3.63, 3.8) is 0 Å². The van der Waals surface area contributed by atoms with E-state index in [1.807, 2.05) is 13.8 Å². The Balaban J connectivity index is 2.27. The van der Waals surface area contributed by atoms with Gasteiger partial charge in [-0.3, -0.25) is 9.48 Å². The molecule has 2 rings (SSSR count). The smallest absolute Gasteiger partial charge is 0.356 e. The van der Waals surface area contributed by atoms with Crippen LogP contribution in [-0.2, 0) is 0 Å². The lowest BCUT2D eigenvalue weighted by Gasteiger charge is -2.03. The highest BCUT2D eigenvalue weighted by Crippen LogP contribution is 2.26. The summed E-state index contributed by atoms with van der Waals surface area (Å²) in [5.41, 5.74) is 0.473. The van der Waals surface area contributed by atoms with Crippen molar-refractivity contribution in [3.8, 4) is 0 Å². The number of aromatic nitrogens is 3. The zero-order chi connectivity index (χ0) is 14.9. The third kappa shape index (κ3) is 2.85. The molecule has 2 heterocycles. The van der Waals surface area contributed by atoms with Gasteiger partial charge in [0, 0.05) is 19.2 Å². The maximum atomic E-state index is 11.4. The molecule has 0 radical (unpaired) electrons. The molecule has 8 heteroatoms. The Morgan fingerprint density at radius 1 is 1.45 bits per heavy atom. The molecular weight excluding hydrogens is 280 g/mol. The number of hydrogen-bond donors (Lipinski definition) is 2. The molecule has 0 aliphatic carbocycles. The Morgan fingerprint density at radius 2 is 2.15 bits per heavy atom. The Bertz CT molecular complexity index is 628. The van der Waals surface area contributed by atoms with Crippen LogP contribution in [0.25, 0.3) is 0 Å². The molecule has 0 atom stereocenters. The molecule has 0 spiro atoms. The molecular formula is C12H14N4O3S. The topological polar surface area (TPSA) is 97.1 Å². The molecule has 7 nitrogen and oxygen atoms in total. The average Bonchev–Trinajstić information content (AvgIpc) is 2.96. The van der Waals surface area contributed by atoms with E-state index < -0.39 is 5.97 Å². The maximum absolute atomic E-state index is 11.4. The molecule has 0 unspecified atom stereocenters. The van der Waals surface area contributed by atoms with Gasteiger partial charge in [-0.05, 0) is 13.8 Å². The largest absolute Gasteiger partial charge is 0.476 e. The monoisotopic (exact) mass is 294 g/mol. The molecule has 2 N–H and O–H groups in total. The maximum Gasteiger partial charge on any atom is 0.356 e. The van der Waals surface area contributed by atoms with Crippen molar-refractivity contribution >= 4 is 33.9 Å². The van der Waals surface area contributed by atoms with Gasteiger partial charge < -0.3 is 10.4 Å². The minimum Gasteiger partial charge on any atom is -0.476 e. The lowest BCUT2D eigenvalue weighted by atomic mass is 10.3. The fraction of sp³-hybridized carbons (Fsp3) is 0.333. The number of thiazole rings is 1. The predicted molar refractivity (Wildman–Crippen MR) is 75.0 cm³/mol. The highest BCUT2D eigenvalue weighted by atomic mass is 32.1. The minimum absolute atomic E-state index is 0.135. The summed E-state index contributed by atoms with van der Waals surface area (Å²) in [5, 5.41) is 16.5. The number of rotatable bonds is 5. The summed E-state index contributed by atoms with van der Waals surface area (Å²) in [4.78, 5) is 26.5. The Kier molecular flexibility index (Phi) is 3.84. The SMILES string of the molecule is CC(=O)c1sc(Nc2cnn(C(C)C)c2)nc1C(=O)O. The molecule has 0 amide bonds. The second-order valence-electron chi connectivity index (χ2n) is 4.49. The van der Waals surface area contributed by atoms with Crippen LogP contribution in [-0.4, -0.2) is 31.6 Å². The number of nitrogens with one attached hydrogen (secondary N) is 1. The second kappa shape index (κ2) is 5.41. The van der Waals surface area contributed by atoms with Gasteiger partial charge in [-0.1, -0.05) is 11.3 Å². The number of aromatic carboxylic acids is 1. The van der Waals surface area contributed by atoms with Crippen molar-refractivity contribution in [2.45, 2.75) is 26.8 Å². The molecule has 0 saturated carbocycles. The van der Waals surface area contributed by atoms with Gasteiger partial charge in [-0.2, -0.15) is 5.10 Å². The molecule has 2 aromatic heterocycles. The minimum atomic E-state index is -1.21. The Morgan fingerprint density at radius 3 is 2.60 bits per heavy atom. The Hall–Kier alpha value is -2.22. The summed E-state index contributed by atoms with van der Waals surface area (Å²) in [5.74, 6) is -1.52. The third-order valence-electron chi connectivity index (χ3n) is 2.53. The predicted octanol–water partition coefficient (Wildman–Crippen LogP) is 2.56. The van der Waals surface area contributed by atoms with Crippen LogP contribution in [0.3, 0.4) is 0 Å². The number of carbonyl (C=O) groups excluding carboxylic acids is 1. The quantitative estimate of drug-likeness (QED) is 0.822. The van der Waals surface area contributed by atoms with Crippen LogP contribution >= 0.6 is 11.3 Å². The van der Waals surface area contributed by atoms with Gasteiger partial charge >= 0.3 is 5.97 Å². The zero-order valence-electron chi connectivity index (χ0n) is 11.2. The fourth-order valence-corrected chi connectivity index (χ4v) is 2.44. The summed E-state index contributed by atoms with van der Waals surface area (Å²) in [6.45, 7) is 5.31. The average molecular weight is 294 g/mol. The first kappa shape index (κ1) is 14.2. The first-order chi connectivity index (χ1) is 9.38. The van der Waals surface area contributed by atoms with Crippen molar-refractivity contribution in [2.75, 3.05) is 5.32 Å². The van der Waals surface area contributed by atoms with Gasteiger partial charge in [0.15, 0.2) is 16.6 Å². The summed E-state index contributed by atoms with van der Waals surface area (Å²) in [6.07, 6.45) is 3.41. The van der Waals surface area contributed by atoms with E-state index in [0.29, 0.717) is 10.8 Å². The molecule has 0 bridgehead atoms. The summed E-state index contributed by atoms with van der Waals surface area (Å²) >= 11 is 1.02. The van der Waals surface area contributed by atoms with E-state index in [1.54, 1.807) is 17.1 Å². The van der Waals surface area contributed by atoms with Crippen LogP contribution in [0, 0.1) is 0 Å². The van der Waals surface area contributed by atoms with E-state index >= 15 is 0 Å². The van der Waals surface area contributed by atoms with E-state index in [0.717, 1.165) is 11.3 Å². The molecule has 106 valence electrons. The number of hydrogen-bond acceptors (Lipinski definition) is 6. The normalized spacial score (nSPS) is 10.8. The van der Waals surface area contributed by atoms with Crippen molar-refractivity contribution in [2.24, 2.45) is 0 Å². The first-order valence-corrected chi connectivity index (χ1v) is 6.76. The molecule has 0 aliphatic rings. The van der Waals surface area contributed by atoms with Crippen molar-refractivity contribution in [1.29, 1.82) is 0 Å². The number of carboxylic acids is 1. The van der Waals surface area contributed by atoms with Crippen LogP contribution in [0.4, 0.5) is 10.8 Å². The summed E-state index contributed by atoms with van der Waals surface area (Å²) in [6, 6.07) is 0.226. The number of ketones is 1. The first-order valence-electron chi connectivity index (χ1n) is 5.94. The second-order valence-corrected chi connectivity index (χ2v) is 5.48. The van der Waals surface area contributed by atoms with Crippen LogP contribution < -0.4 is 5.32 Å². The number of Topliss-reactive ketones (excluding diaryl/α,β-unsaturated/α-hetero) is 1. The summed E-state index contributed by atoms with van der Waals surface area (Å²) in [7, 11) is 0. The molecule has 2 aromatic rings. The molecule has 0 fully saturated rings. The zero-order valence-corrected chi connectivity index (χ0v) is 12.1. The van der Waals surface area contributed by atoms with Gasteiger partial charge in [-0.15, -0.1) is 0 Å². The number of carbonyl (C=O) groups is 2. The van der Waals surface area contributed by atoms with E-state index in [4.69, 9.17) is 5.11 Å². The van der Waals surface area contributed by atoms with Crippen LogP contribution in [0.1, 0.15) is 47.0 Å². The third-order valence-corrected chi connectivity index (χ3v) is 3.60. The van der Waals surface area contributed by atoms with E-state index in [1.165, 1.54) is 6.92 Å². The van der Waals surface area contributed by atoms with Gasteiger partial charge in [0.25, 0.3) is 0 Å². The highest BCUT2D eigenvalue weighted by Gasteiger charge is 2.20. The van der Waals surface area contributed by atoms with Gasteiger partial charge in [0.05, 0.1) is 11.9 Å². The molecule has 0 aliphatic heterocycles. The van der Waals surface area contributed by atoms with E-state index in [-0.39, 0.29) is 22.4 Å². The van der Waals surface area contributed by atoms with Crippen molar-refractivity contribution in [3.05, 3.63) is 23.0 Å². The highest BCUT2D eigenvalue weighted by molar-refractivity contribution is 7.17. The van der Waals surface area contributed by atoms with Crippen LogP contribution in [0.15, 0.2) is 12.4 Å². The number of anilines is 2. The van der Waals surface area contributed by atoms with E-state index in [2.05, 4.69) is 15.4 Å². The standard InChI is InChI=1S/C12H14N4O3S/c1-6(2)16-5-8(4-13-16)14-12-15-9(11(18)19)10(20-12)7(3)17/h4-6H,1-3H3,(H,14,15)(H,18,19). The molecule has 0 aromatic carbocycles. The number of nitrogens with zero attached hydrogens (tertiary/aromatic N) is 3. The lowest BCUT2D eigenvalue weighted by molar-refractivity contribution is 0.0687. The summed E-state index contributed by atoms with van der Waals surface area (Å²) < 4.78 is 1.76. The number of carboxylic acid groups (broad SMARTS) is 1. The van der Waals surface area contributed by atoms with E-state index in [9.17, 15) is 9.59 Å². The van der Waals surface area contributed by atoms with Gasteiger partial charge in [-0.25, -0.2) is 9.78 Å².